The zero-order chi connectivity index (χ0) is 29.1. The fourth-order valence-corrected chi connectivity index (χ4v) is 5.17. The first-order valence-corrected chi connectivity index (χ1v) is 13.3. The van der Waals surface area contributed by atoms with Gasteiger partial charge in [-0.3, -0.25) is 19.3 Å². The third-order valence-corrected chi connectivity index (χ3v) is 7.34. The Morgan fingerprint density at radius 3 is 2.50 bits per heavy atom. The van der Waals surface area contributed by atoms with E-state index in [2.05, 4.69) is 22.0 Å². The van der Waals surface area contributed by atoms with E-state index in [1.54, 1.807) is 20.8 Å². The summed E-state index contributed by atoms with van der Waals surface area (Å²) in [7, 11) is 0. The SMILES string of the molecule is C=C(C)C(=O)OCC1=C(C(=O)OCOC(=O)C(C)(C)C)N2C(=O)[C@@H](NC(=O)/C(=N\O)c3csc(N)n3)[C@H]2SC1.Cl. The molecule has 0 radical (unpaired) electrons. The van der Waals surface area contributed by atoms with Gasteiger partial charge in [-0.25, -0.2) is 14.6 Å². The van der Waals surface area contributed by atoms with E-state index >= 15 is 0 Å². The molecule has 218 valence electrons. The number of thioether (sulfide) groups is 1. The van der Waals surface area contributed by atoms with Gasteiger partial charge in [0.2, 0.25) is 6.79 Å². The van der Waals surface area contributed by atoms with Crippen molar-refractivity contribution >= 4 is 76.1 Å². The van der Waals surface area contributed by atoms with Gasteiger partial charge in [-0.15, -0.1) is 35.5 Å². The van der Waals surface area contributed by atoms with Crippen molar-refractivity contribution in [3.05, 3.63) is 34.5 Å². The number of carbonyl (C=O) groups is 5. The molecule has 0 saturated carbocycles. The van der Waals surface area contributed by atoms with Crippen LogP contribution in [0.25, 0.3) is 0 Å². The number of nitrogens with zero attached hydrogens (tertiary/aromatic N) is 3. The smallest absolute Gasteiger partial charge is 0.358 e. The Hall–Kier alpha value is -3.63. The van der Waals surface area contributed by atoms with E-state index in [1.807, 2.05) is 0 Å². The van der Waals surface area contributed by atoms with Crippen molar-refractivity contribution in [2.75, 3.05) is 24.9 Å². The van der Waals surface area contributed by atoms with Gasteiger partial charge < -0.3 is 30.5 Å². The molecule has 2 atom stereocenters. The van der Waals surface area contributed by atoms with Crippen LogP contribution in [0.5, 0.6) is 0 Å². The molecule has 2 aliphatic rings. The van der Waals surface area contributed by atoms with Crippen LogP contribution in [0, 0.1) is 5.41 Å². The molecule has 0 spiro atoms. The van der Waals surface area contributed by atoms with Crippen LogP contribution in [0.1, 0.15) is 33.4 Å². The van der Waals surface area contributed by atoms with Crippen molar-refractivity contribution in [3.8, 4) is 0 Å². The minimum Gasteiger partial charge on any atom is -0.458 e. The van der Waals surface area contributed by atoms with Crippen LogP contribution in [-0.4, -0.2) is 81.1 Å². The summed E-state index contributed by atoms with van der Waals surface area (Å²) in [6, 6.07) is -1.09. The summed E-state index contributed by atoms with van der Waals surface area (Å²) in [6.07, 6.45) is 0. The number of carbonyl (C=O) groups excluding carboxylic acids is 5. The first-order chi connectivity index (χ1) is 18.3. The number of nitrogen functional groups attached to an aromatic ring is 1. The van der Waals surface area contributed by atoms with E-state index in [1.165, 1.54) is 24.1 Å². The number of fused-ring (bicyclic) bond motifs is 1. The number of aromatic nitrogens is 1. The normalized spacial score (nSPS) is 18.6. The van der Waals surface area contributed by atoms with Crippen LogP contribution in [0.2, 0.25) is 0 Å². The number of esters is 3. The molecule has 0 aliphatic carbocycles. The number of anilines is 1. The highest BCUT2D eigenvalue weighted by atomic mass is 35.5. The topological polar surface area (TPSA) is 200 Å². The highest BCUT2D eigenvalue weighted by molar-refractivity contribution is 8.00. The number of rotatable bonds is 9. The first-order valence-electron chi connectivity index (χ1n) is 11.3. The number of hydrogen-bond donors (Lipinski definition) is 3. The van der Waals surface area contributed by atoms with Gasteiger partial charge in [-0.1, -0.05) is 11.7 Å². The quantitative estimate of drug-likeness (QED) is 0.0681. The maximum Gasteiger partial charge on any atom is 0.358 e. The van der Waals surface area contributed by atoms with E-state index in [0.29, 0.717) is 0 Å². The zero-order valence-corrected chi connectivity index (χ0v) is 24.4. The van der Waals surface area contributed by atoms with Crippen molar-refractivity contribution in [1.82, 2.24) is 15.2 Å². The van der Waals surface area contributed by atoms with Gasteiger partial charge >= 0.3 is 17.9 Å². The Morgan fingerprint density at radius 1 is 1.27 bits per heavy atom. The molecule has 1 saturated heterocycles. The lowest BCUT2D eigenvalue weighted by Gasteiger charge is -2.49. The van der Waals surface area contributed by atoms with Crippen LogP contribution in [0.4, 0.5) is 5.13 Å². The number of hydrogen-bond acceptors (Lipinski definition) is 14. The third kappa shape index (κ3) is 7.11. The maximum atomic E-state index is 13.1. The van der Waals surface area contributed by atoms with Gasteiger partial charge in [-0.05, 0) is 27.7 Å². The summed E-state index contributed by atoms with van der Waals surface area (Å²) in [4.78, 5) is 67.8. The molecule has 17 heteroatoms. The lowest BCUT2D eigenvalue weighted by molar-refractivity contribution is -0.173. The third-order valence-electron chi connectivity index (χ3n) is 5.33. The standard InChI is InChI=1S/C23H27N5O9S2.ClH/c1-10(2)19(31)35-6-11-7-38-18-14(26-16(29)13(27-34)12-8-39-22(24)25-12)17(30)28(18)15(11)20(32)36-9-37-21(33)23(3,4)5;/h8,14,18,34H,1,6-7,9H2,2-5H3,(H2,24,25)(H,26,29);1H/b27-13-;/t14-,18-;/m1./s1. The van der Waals surface area contributed by atoms with Crippen molar-refractivity contribution in [3.63, 3.8) is 0 Å². The van der Waals surface area contributed by atoms with Gasteiger partial charge in [0.1, 0.15) is 29.4 Å². The molecule has 0 bridgehead atoms. The van der Waals surface area contributed by atoms with Crippen LogP contribution >= 0.6 is 35.5 Å². The number of amides is 2. The highest BCUT2D eigenvalue weighted by Crippen LogP contribution is 2.41. The van der Waals surface area contributed by atoms with Crippen molar-refractivity contribution in [2.24, 2.45) is 10.6 Å². The summed E-state index contributed by atoms with van der Waals surface area (Å²) in [5.41, 5.74) is 4.53. The predicted octanol–water partition coefficient (Wildman–Crippen LogP) is 1.19. The summed E-state index contributed by atoms with van der Waals surface area (Å²) in [5, 5.41) is 15.6. The predicted molar refractivity (Wildman–Crippen MR) is 146 cm³/mol. The molecule has 2 amide bonds. The lowest BCUT2D eigenvalue weighted by Crippen LogP contribution is -2.71. The van der Waals surface area contributed by atoms with Crippen molar-refractivity contribution < 1.29 is 43.4 Å². The number of oxime groups is 1. The van der Waals surface area contributed by atoms with Crippen molar-refractivity contribution in [2.45, 2.75) is 39.1 Å². The molecule has 40 heavy (non-hydrogen) atoms. The molecular weight excluding hydrogens is 590 g/mol. The molecule has 4 N–H and O–H groups in total. The van der Waals surface area contributed by atoms with Gasteiger partial charge in [0, 0.05) is 22.3 Å². The molecule has 14 nitrogen and oxygen atoms in total. The molecule has 3 heterocycles. The number of nitrogens with two attached hydrogens (primary N) is 1. The minimum atomic E-state index is -1.09. The summed E-state index contributed by atoms with van der Waals surface area (Å²) in [6.45, 7) is 8.80. The lowest BCUT2D eigenvalue weighted by atomic mass is 9.98. The average molecular weight is 618 g/mol. The van der Waals surface area contributed by atoms with Gasteiger partial charge in [0.25, 0.3) is 11.8 Å². The Balaban J connectivity index is 0.00000560. The molecule has 3 rings (SSSR count). The highest BCUT2D eigenvalue weighted by Gasteiger charge is 2.55. The summed E-state index contributed by atoms with van der Waals surface area (Å²) in [5.74, 6) is -3.71. The largest absolute Gasteiger partial charge is 0.458 e. The Kier molecular flexibility index (Phi) is 10.7. The van der Waals surface area contributed by atoms with Crippen LogP contribution < -0.4 is 11.1 Å². The van der Waals surface area contributed by atoms with Gasteiger partial charge in [0.05, 0.1) is 5.41 Å². The first kappa shape index (κ1) is 32.6. The fraction of sp³-hybridized carbons (Fsp3) is 0.435. The number of thiazole rings is 1. The molecule has 1 aromatic heterocycles. The van der Waals surface area contributed by atoms with E-state index in [-0.39, 0.29) is 52.4 Å². The van der Waals surface area contributed by atoms with Gasteiger partial charge in [-0.2, -0.15) is 0 Å². The Bertz CT molecular complexity index is 1290. The monoisotopic (exact) mass is 617 g/mol. The average Bonchev–Trinajstić information content (AvgIpc) is 3.30. The second-order valence-corrected chi connectivity index (χ2v) is 11.4. The van der Waals surface area contributed by atoms with E-state index in [4.69, 9.17) is 19.9 Å². The van der Waals surface area contributed by atoms with E-state index in [9.17, 15) is 29.2 Å². The minimum absolute atomic E-state index is 0. The molecule has 0 unspecified atom stereocenters. The second-order valence-electron chi connectivity index (χ2n) is 9.42. The second kappa shape index (κ2) is 13.1. The van der Waals surface area contributed by atoms with Crippen LogP contribution in [0.15, 0.2) is 34.0 Å². The molecule has 1 fully saturated rings. The zero-order valence-electron chi connectivity index (χ0n) is 21.9. The van der Waals surface area contributed by atoms with Crippen molar-refractivity contribution in [1.29, 1.82) is 0 Å². The molecule has 2 aliphatic heterocycles. The Labute approximate surface area is 243 Å². The van der Waals surface area contributed by atoms with Crippen LogP contribution in [-0.2, 0) is 38.2 Å². The number of halogens is 1. The van der Waals surface area contributed by atoms with E-state index < -0.39 is 59.1 Å². The molecule has 1 aromatic rings. The number of ether oxygens (including phenoxy) is 3. The Morgan fingerprint density at radius 2 is 1.95 bits per heavy atom. The number of β-lactam (4-membered cyclic amide) rings is 1. The summed E-state index contributed by atoms with van der Waals surface area (Å²) < 4.78 is 15.3. The molecular formula is C23H28ClN5O9S2. The van der Waals surface area contributed by atoms with Gasteiger partial charge in [0.15, 0.2) is 10.8 Å². The van der Waals surface area contributed by atoms with E-state index in [0.717, 1.165) is 16.2 Å². The maximum absolute atomic E-state index is 13.1. The molecule has 0 aromatic carbocycles. The number of nitrogens with one attached hydrogen (secondary N) is 1. The van der Waals surface area contributed by atoms with Crippen LogP contribution in [0.3, 0.4) is 0 Å². The fourth-order valence-electron chi connectivity index (χ4n) is 3.30. The summed E-state index contributed by atoms with van der Waals surface area (Å²) >= 11 is 2.23.